The van der Waals surface area contributed by atoms with E-state index >= 15 is 0 Å². The van der Waals surface area contributed by atoms with Crippen LogP contribution < -0.4 is 0 Å². The normalized spacial score (nSPS) is 14.8. The molecule has 0 bridgehead atoms. The lowest BCUT2D eigenvalue weighted by atomic mass is 10.2. The van der Waals surface area contributed by atoms with Crippen LogP contribution in [0.3, 0.4) is 0 Å². The fourth-order valence-corrected chi connectivity index (χ4v) is 3.54. The van der Waals surface area contributed by atoms with E-state index in [1.54, 1.807) is 27.4 Å². The van der Waals surface area contributed by atoms with E-state index in [0.29, 0.717) is 45.5 Å². The van der Waals surface area contributed by atoms with E-state index in [1.807, 2.05) is 6.07 Å². The molecule has 1 saturated carbocycles. The molecular weight excluding hydrogens is 359 g/mol. The van der Waals surface area contributed by atoms with Crippen molar-refractivity contribution in [2.45, 2.75) is 18.8 Å². The Balaban J connectivity index is 1.76. The molecule has 5 aromatic rings. The summed E-state index contributed by atoms with van der Waals surface area (Å²) < 4.78 is 23.4. The second-order valence-electron chi connectivity index (χ2n) is 6.41. The van der Waals surface area contributed by atoms with Gasteiger partial charge in [0.05, 0.1) is 10.9 Å². The highest BCUT2D eigenvalue weighted by molar-refractivity contribution is 6.29. The van der Waals surface area contributed by atoms with Gasteiger partial charge in [-0.2, -0.15) is 4.98 Å². The SMILES string of the molecule is Fc1cccc2c1c1nc(Cl)cn1c1c(-c3noc(C4CC4)n3)ncn21. The smallest absolute Gasteiger partial charge is 0.230 e. The zero-order valence-corrected chi connectivity index (χ0v) is 14.0. The number of aromatic nitrogens is 6. The van der Waals surface area contributed by atoms with E-state index in [1.165, 1.54) is 6.07 Å². The Morgan fingerprint density at radius 3 is 2.92 bits per heavy atom. The minimum absolute atomic E-state index is 0.265. The third-order valence-electron chi connectivity index (χ3n) is 4.70. The van der Waals surface area contributed by atoms with Crippen LogP contribution in [-0.2, 0) is 0 Å². The molecule has 0 saturated heterocycles. The Hall–Kier alpha value is -3.00. The summed E-state index contributed by atoms with van der Waals surface area (Å²) in [5.74, 6) is 1.01. The molecule has 4 aromatic heterocycles. The molecule has 1 aromatic carbocycles. The molecular formula is C17H10ClFN6O. The highest BCUT2D eigenvalue weighted by atomic mass is 35.5. The van der Waals surface area contributed by atoms with Crippen LogP contribution in [0.4, 0.5) is 4.39 Å². The molecule has 6 rings (SSSR count). The minimum atomic E-state index is -0.373. The number of halogens is 2. The number of hydrogen-bond acceptors (Lipinski definition) is 5. The Morgan fingerprint density at radius 2 is 2.08 bits per heavy atom. The molecule has 0 atom stereocenters. The van der Waals surface area contributed by atoms with Crippen molar-refractivity contribution in [3.63, 3.8) is 0 Å². The minimum Gasteiger partial charge on any atom is -0.339 e. The Labute approximate surface area is 150 Å². The third kappa shape index (κ3) is 1.82. The lowest BCUT2D eigenvalue weighted by Crippen LogP contribution is -1.98. The van der Waals surface area contributed by atoms with Gasteiger partial charge in [0.1, 0.15) is 17.3 Å². The number of nitrogens with zero attached hydrogens (tertiary/aromatic N) is 6. The highest BCUT2D eigenvalue weighted by Crippen LogP contribution is 2.40. The summed E-state index contributed by atoms with van der Waals surface area (Å²) in [5, 5.41) is 4.72. The zero-order chi connectivity index (χ0) is 17.4. The molecule has 9 heteroatoms. The maximum absolute atomic E-state index is 14.5. The van der Waals surface area contributed by atoms with Crippen LogP contribution in [0, 0.1) is 5.82 Å². The fraction of sp³-hybridized carbons (Fsp3) is 0.176. The molecule has 0 aliphatic heterocycles. The van der Waals surface area contributed by atoms with Crippen LogP contribution in [0.1, 0.15) is 24.7 Å². The summed E-state index contributed by atoms with van der Waals surface area (Å²) in [6.07, 6.45) is 5.38. The Bertz CT molecular complexity index is 1330. The van der Waals surface area contributed by atoms with Crippen molar-refractivity contribution in [3.8, 4) is 11.5 Å². The first-order chi connectivity index (χ1) is 12.7. The number of hydrogen-bond donors (Lipinski definition) is 0. The highest BCUT2D eigenvalue weighted by Gasteiger charge is 2.30. The van der Waals surface area contributed by atoms with Crippen molar-refractivity contribution < 1.29 is 8.91 Å². The van der Waals surface area contributed by atoms with Crippen molar-refractivity contribution in [3.05, 3.63) is 47.6 Å². The third-order valence-corrected chi connectivity index (χ3v) is 4.88. The van der Waals surface area contributed by atoms with Crippen LogP contribution in [0.2, 0.25) is 5.15 Å². The molecule has 0 N–H and O–H groups in total. The van der Waals surface area contributed by atoms with Gasteiger partial charge in [-0.15, -0.1) is 0 Å². The lowest BCUT2D eigenvalue weighted by molar-refractivity contribution is 0.380. The summed E-state index contributed by atoms with van der Waals surface area (Å²) in [7, 11) is 0. The van der Waals surface area contributed by atoms with E-state index < -0.39 is 0 Å². The van der Waals surface area contributed by atoms with E-state index in [-0.39, 0.29) is 11.0 Å². The zero-order valence-electron chi connectivity index (χ0n) is 13.2. The molecule has 1 aliphatic rings. The van der Waals surface area contributed by atoms with Crippen molar-refractivity contribution in [1.29, 1.82) is 0 Å². The summed E-state index contributed by atoms with van der Waals surface area (Å²) in [6, 6.07) is 4.86. The summed E-state index contributed by atoms with van der Waals surface area (Å²) >= 11 is 6.12. The molecule has 128 valence electrons. The van der Waals surface area contributed by atoms with Gasteiger partial charge in [-0.25, -0.2) is 14.4 Å². The number of benzene rings is 1. The van der Waals surface area contributed by atoms with Crippen molar-refractivity contribution in [2.24, 2.45) is 0 Å². The van der Waals surface area contributed by atoms with Gasteiger partial charge in [-0.1, -0.05) is 22.8 Å². The quantitative estimate of drug-likeness (QED) is 0.473. The van der Waals surface area contributed by atoms with E-state index in [9.17, 15) is 4.39 Å². The second-order valence-corrected chi connectivity index (χ2v) is 6.80. The molecule has 0 amide bonds. The Morgan fingerprint density at radius 1 is 1.19 bits per heavy atom. The number of rotatable bonds is 2. The van der Waals surface area contributed by atoms with Crippen LogP contribution in [0.5, 0.6) is 0 Å². The van der Waals surface area contributed by atoms with Crippen LogP contribution >= 0.6 is 11.6 Å². The molecule has 1 aliphatic carbocycles. The molecule has 0 unspecified atom stereocenters. The van der Waals surface area contributed by atoms with Gasteiger partial charge in [0.15, 0.2) is 17.0 Å². The van der Waals surface area contributed by atoms with Gasteiger partial charge in [0, 0.05) is 12.1 Å². The van der Waals surface area contributed by atoms with Crippen molar-refractivity contribution >= 4 is 33.8 Å². The average molecular weight is 369 g/mol. The van der Waals surface area contributed by atoms with Gasteiger partial charge in [-0.3, -0.25) is 8.80 Å². The first-order valence-electron chi connectivity index (χ1n) is 8.16. The van der Waals surface area contributed by atoms with Crippen LogP contribution in [0.25, 0.3) is 33.7 Å². The molecule has 1 fully saturated rings. The fourth-order valence-electron chi connectivity index (χ4n) is 3.36. The molecule has 26 heavy (non-hydrogen) atoms. The predicted molar refractivity (Wildman–Crippen MR) is 91.7 cm³/mol. The molecule has 0 spiro atoms. The summed E-state index contributed by atoms with van der Waals surface area (Å²) in [6.45, 7) is 0. The largest absolute Gasteiger partial charge is 0.339 e. The summed E-state index contributed by atoms with van der Waals surface area (Å²) in [4.78, 5) is 13.2. The van der Waals surface area contributed by atoms with Gasteiger partial charge < -0.3 is 4.52 Å². The molecule has 0 radical (unpaired) electrons. The van der Waals surface area contributed by atoms with Crippen LogP contribution in [-0.4, -0.2) is 28.9 Å². The number of imidazole rings is 2. The molecule has 4 heterocycles. The van der Waals surface area contributed by atoms with Gasteiger partial charge in [0.25, 0.3) is 0 Å². The van der Waals surface area contributed by atoms with Gasteiger partial charge in [0.2, 0.25) is 11.7 Å². The number of fused-ring (bicyclic) bond motifs is 6. The Kier molecular flexibility index (Phi) is 2.62. The first kappa shape index (κ1) is 14.2. The summed E-state index contributed by atoms with van der Waals surface area (Å²) in [5.41, 5.74) is 2.24. The van der Waals surface area contributed by atoms with Gasteiger partial charge >= 0.3 is 0 Å². The van der Waals surface area contributed by atoms with E-state index in [4.69, 9.17) is 16.1 Å². The second kappa shape index (κ2) is 4.79. The standard InChI is InChI=1S/C17H10ClFN6O/c18-11-6-24-15(21-11)12-9(19)2-1-3-10(12)25-7-20-13(17(24)25)14-22-16(26-23-14)8-4-5-8/h1-3,6-8H,4-5H2. The van der Waals surface area contributed by atoms with Crippen molar-refractivity contribution in [2.75, 3.05) is 0 Å². The van der Waals surface area contributed by atoms with Crippen LogP contribution in [0.15, 0.2) is 35.2 Å². The maximum Gasteiger partial charge on any atom is 0.230 e. The van der Waals surface area contributed by atoms with Crippen molar-refractivity contribution in [1.82, 2.24) is 28.9 Å². The predicted octanol–water partition coefficient (Wildman–Crippen LogP) is 3.86. The van der Waals surface area contributed by atoms with E-state index in [2.05, 4.69) is 20.1 Å². The monoisotopic (exact) mass is 368 g/mol. The average Bonchev–Trinajstić information content (AvgIpc) is 3.05. The van der Waals surface area contributed by atoms with Gasteiger partial charge in [-0.05, 0) is 25.0 Å². The molecule has 7 nitrogen and oxygen atoms in total. The topological polar surface area (TPSA) is 73.5 Å². The van der Waals surface area contributed by atoms with E-state index in [0.717, 1.165) is 12.8 Å². The first-order valence-corrected chi connectivity index (χ1v) is 8.54. The lowest BCUT2D eigenvalue weighted by Gasteiger charge is -2.07. The maximum atomic E-state index is 14.5.